The van der Waals surface area contributed by atoms with Crippen molar-refractivity contribution in [1.29, 1.82) is 0 Å². The fourth-order valence-electron chi connectivity index (χ4n) is 2.92. The van der Waals surface area contributed by atoms with Crippen LogP contribution in [0, 0.1) is 0 Å². The SMILES string of the molecule is C[C@@H]1C[C@H](C)N2[C@@H](Nc3ccccc3C(=O)N2C)O1. The summed E-state index contributed by atoms with van der Waals surface area (Å²) < 4.78 is 5.94. The van der Waals surface area contributed by atoms with Gasteiger partial charge in [0.2, 0.25) is 6.35 Å². The fraction of sp³-hybridized carbons (Fsp3) is 0.500. The molecule has 2 aliphatic heterocycles. The first-order chi connectivity index (χ1) is 9.08. The Bertz CT molecular complexity index is 505. The Morgan fingerprint density at radius 1 is 1.32 bits per heavy atom. The molecule has 0 aromatic heterocycles. The van der Waals surface area contributed by atoms with E-state index in [0.29, 0.717) is 5.56 Å². The molecule has 1 aromatic carbocycles. The zero-order chi connectivity index (χ0) is 13.6. The fourth-order valence-corrected chi connectivity index (χ4v) is 2.92. The topological polar surface area (TPSA) is 44.8 Å². The van der Waals surface area contributed by atoms with Crippen molar-refractivity contribution in [3.63, 3.8) is 0 Å². The molecular weight excluding hydrogens is 242 g/mol. The third-order valence-electron chi connectivity index (χ3n) is 3.80. The van der Waals surface area contributed by atoms with Gasteiger partial charge < -0.3 is 10.1 Å². The molecule has 1 N–H and O–H groups in total. The number of nitrogens with one attached hydrogen (secondary N) is 1. The van der Waals surface area contributed by atoms with E-state index in [1.807, 2.05) is 29.3 Å². The summed E-state index contributed by atoms with van der Waals surface area (Å²) >= 11 is 0. The molecule has 0 unspecified atom stereocenters. The van der Waals surface area contributed by atoms with Crippen molar-refractivity contribution in [2.75, 3.05) is 12.4 Å². The monoisotopic (exact) mass is 261 g/mol. The normalized spacial score (nSPS) is 31.2. The summed E-state index contributed by atoms with van der Waals surface area (Å²) in [5.74, 6) is -0.00407. The zero-order valence-electron chi connectivity index (χ0n) is 11.5. The molecule has 0 spiro atoms. The van der Waals surface area contributed by atoms with Gasteiger partial charge in [-0.05, 0) is 32.4 Å². The summed E-state index contributed by atoms with van der Waals surface area (Å²) in [7, 11) is 1.80. The van der Waals surface area contributed by atoms with E-state index in [1.165, 1.54) is 0 Å². The average Bonchev–Trinajstić information content (AvgIpc) is 2.46. The van der Waals surface area contributed by atoms with Gasteiger partial charge in [0.05, 0.1) is 17.4 Å². The molecule has 1 saturated heterocycles. The summed E-state index contributed by atoms with van der Waals surface area (Å²) in [4.78, 5) is 12.5. The number of nitrogens with zero attached hydrogens (tertiary/aromatic N) is 2. The average molecular weight is 261 g/mol. The van der Waals surface area contributed by atoms with Crippen LogP contribution in [-0.4, -0.2) is 41.5 Å². The second-order valence-electron chi connectivity index (χ2n) is 5.28. The van der Waals surface area contributed by atoms with Crippen molar-refractivity contribution >= 4 is 11.6 Å². The lowest BCUT2D eigenvalue weighted by molar-refractivity contribution is -0.202. The van der Waals surface area contributed by atoms with Gasteiger partial charge in [-0.25, -0.2) is 0 Å². The summed E-state index contributed by atoms with van der Waals surface area (Å²) in [5, 5.41) is 6.97. The standard InChI is InChI=1S/C14H19N3O2/c1-9-8-10(2)19-14-15-12-7-5-4-6-11(12)13(18)16(3)17(9)14/h4-7,9-10,14-15H,8H2,1-3H3/t9-,10+,14+/m0/s1. The summed E-state index contributed by atoms with van der Waals surface area (Å²) in [5.41, 5.74) is 1.51. The van der Waals surface area contributed by atoms with Gasteiger partial charge >= 0.3 is 0 Å². The molecule has 1 amide bonds. The van der Waals surface area contributed by atoms with E-state index in [1.54, 1.807) is 12.1 Å². The number of anilines is 1. The van der Waals surface area contributed by atoms with Gasteiger partial charge in [-0.1, -0.05) is 12.1 Å². The van der Waals surface area contributed by atoms with Crippen LogP contribution in [-0.2, 0) is 4.74 Å². The molecule has 19 heavy (non-hydrogen) atoms. The van der Waals surface area contributed by atoms with Gasteiger partial charge in [0.15, 0.2) is 0 Å². The first-order valence-electron chi connectivity index (χ1n) is 6.65. The first kappa shape index (κ1) is 12.4. The number of carbonyl (C=O) groups excluding carboxylic acids is 1. The number of hydrogen-bond acceptors (Lipinski definition) is 4. The van der Waals surface area contributed by atoms with Crippen LogP contribution in [0.1, 0.15) is 30.6 Å². The Morgan fingerprint density at radius 2 is 2.05 bits per heavy atom. The molecule has 1 aromatic rings. The predicted molar refractivity (Wildman–Crippen MR) is 72.4 cm³/mol. The number of fused-ring (bicyclic) bond motifs is 2. The third kappa shape index (κ3) is 1.99. The van der Waals surface area contributed by atoms with Crippen molar-refractivity contribution in [3.05, 3.63) is 29.8 Å². The second kappa shape index (κ2) is 4.51. The van der Waals surface area contributed by atoms with Gasteiger partial charge in [0.25, 0.3) is 5.91 Å². The van der Waals surface area contributed by atoms with Crippen molar-refractivity contribution in [1.82, 2.24) is 10.0 Å². The van der Waals surface area contributed by atoms with Crippen LogP contribution < -0.4 is 5.32 Å². The molecule has 2 aliphatic rings. The second-order valence-corrected chi connectivity index (χ2v) is 5.28. The van der Waals surface area contributed by atoms with Gasteiger partial charge in [0, 0.05) is 13.1 Å². The molecule has 102 valence electrons. The van der Waals surface area contributed by atoms with E-state index in [2.05, 4.69) is 19.2 Å². The number of rotatable bonds is 0. The van der Waals surface area contributed by atoms with Gasteiger partial charge in [0.1, 0.15) is 0 Å². The van der Waals surface area contributed by atoms with Crippen LogP contribution in [0.4, 0.5) is 5.69 Å². The lowest BCUT2D eigenvalue weighted by Crippen LogP contribution is -2.60. The molecule has 0 bridgehead atoms. The molecule has 0 aliphatic carbocycles. The molecular formula is C14H19N3O2. The van der Waals surface area contributed by atoms with Crippen LogP contribution in [0.3, 0.4) is 0 Å². The third-order valence-corrected chi connectivity index (χ3v) is 3.80. The van der Waals surface area contributed by atoms with E-state index in [-0.39, 0.29) is 24.4 Å². The molecule has 1 fully saturated rings. The molecule has 0 radical (unpaired) electrons. The number of ether oxygens (including phenoxy) is 1. The molecule has 3 atom stereocenters. The number of carbonyl (C=O) groups is 1. The van der Waals surface area contributed by atoms with E-state index in [9.17, 15) is 4.79 Å². The lowest BCUT2D eigenvalue weighted by atomic mass is 10.1. The summed E-state index contributed by atoms with van der Waals surface area (Å²) in [6, 6.07) is 7.81. The van der Waals surface area contributed by atoms with Crippen LogP contribution >= 0.6 is 0 Å². The smallest absolute Gasteiger partial charge is 0.270 e. The maximum absolute atomic E-state index is 12.5. The Balaban J connectivity index is 2.03. The Kier molecular flexibility index (Phi) is 2.95. The van der Waals surface area contributed by atoms with E-state index in [4.69, 9.17) is 4.74 Å². The van der Waals surface area contributed by atoms with Crippen molar-refractivity contribution < 1.29 is 9.53 Å². The molecule has 5 nitrogen and oxygen atoms in total. The van der Waals surface area contributed by atoms with Crippen LogP contribution in [0.5, 0.6) is 0 Å². The van der Waals surface area contributed by atoms with E-state index in [0.717, 1.165) is 12.1 Å². The Labute approximate surface area is 113 Å². The number of amides is 1. The van der Waals surface area contributed by atoms with E-state index < -0.39 is 0 Å². The lowest BCUT2D eigenvalue weighted by Gasteiger charge is -2.45. The Hall–Kier alpha value is -1.59. The number of benzene rings is 1. The highest BCUT2D eigenvalue weighted by molar-refractivity contribution is 5.99. The van der Waals surface area contributed by atoms with Gasteiger partial charge in [-0.2, -0.15) is 5.01 Å². The van der Waals surface area contributed by atoms with Crippen molar-refractivity contribution in [3.8, 4) is 0 Å². The van der Waals surface area contributed by atoms with Gasteiger partial charge in [-0.3, -0.25) is 9.80 Å². The van der Waals surface area contributed by atoms with Crippen LogP contribution in [0.15, 0.2) is 24.3 Å². The molecule has 0 saturated carbocycles. The number of hydrogen-bond donors (Lipinski definition) is 1. The van der Waals surface area contributed by atoms with E-state index >= 15 is 0 Å². The molecule has 3 rings (SSSR count). The minimum Gasteiger partial charge on any atom is -0.345 e. The maximum Gasteiger partial charge on any atom is 0.270 e. The minimum atomic E-state index is -0.295. The quantitative estimate of drug-likeness (QED) is 0.774. The summed E-state index contributed by atoms with van der Waals surface area (Å²) in [6.07, 6.45) is 0.792. The highest BCUT2D eigenvalue weighted by Gasteiger charge is 2.39. The highest BCUT2D eigenvalue weighted by atomic mass is 16.5. The Morgan fingerprint density at radius 3 is 2.84 bits per heavy atom. The number of hydrazine groups is 1. The summed E-state index contributed by atoms with van der Waals surface area (Å²) in [6.45, 7) is 4.18. The zero-order valence-corrected chi connectivity index (χ0v) is 11.5. The van der Waals surface area contributed by atoms with Crippen LogP contribution in [0.2, 0.25) is 0 Å². The first-order valence-corrected chi connectivity index (χ1v) is 6.65. The largest absolute Gasteiger partial charge is 0.345 e. The molecule has 2 heterocycles. The van der Waals surface area contributed by atoms with Crippen molar-refractivity contribution in [2.24, 2.45) is 0 Å². The van der Waals surface area contributed by atoms with Gasteiger partial charge in [-0.15, -0.1) is 0 Å². The van der Waals surface area contributed by atoms with Crippen LogP contribution in [0.25, 0.3) is 0 Å². The number of para-hydroxylation sites is 1. The molecule has 5 heteroatoms. The highest BCUT2D eigenvalue weighted by Crippen LogP contribution is 2.30. The minimum absolute atomic E-state index is 0.00407. The predicted octanol–water partition coefficient (Wildman–Crippen LogP) is 1.88. The maximum atomic E-state index is 12.5. The van der Waals surface area contributed by atoms with Crippen molar-refractivity contribution in [2.45, 2.75) is 38.8 Å².